The zero-order valence-electron chi connectivity index (χ0n) is 47.3. The van der Waals surface area contributed by atoms with Gasteiger partial charge in [0.25, 0.3) is 0 Å². The van der Waals surface area contributed by atoms with Crippen LogP contribution < -0.4 is 0 Å². The monoisotopic (exact) mass is 1030 g/mol. The zero-order chi connectivity index (χ0) is 53.1. The summed E-state index contributed by atoms with van der Waals surface area (Å²) in [7, 11) is 1.42. The van der Waals surface area contributed by atoms with Crippen molar-refractivity contribution in [3.05, 3.63) is 0 Å². The molecule has 3 aliphatic heterocycles. The molecule has 3 heterocycles. The van der Waals surface area contributed by atoms with E-state index in [4.69, 9.17) is 52.0 Å². The minimum Gasteiger partial charge on any atom is -0.459 e. The van der Waals surface area contributed by atoms with Crippen molar-refractivity contribution in [2.24, 2.45) is 28.8 Å². The van der Waals surface area contributed by atoms with Gasteiger partial charge in [-0.2, -0.15) is 0 Å². The van der Waals surface area contributed by atoms with Crippen LogP contribution in [0.15, 0.2) is 5.16 Å². The van der Waals surface area contributed by atoms with Gasteiger partial charge in [0.2, 0.25) is 5.79 Å². The van der Waals surface area contributed by atoms with Gasteiger partial charge < -0.3 is 67.1 Å². The third kappa shape index (κ3) is 15.5. The van der Waals surface area contributed by atoms with Gasteiger partial charge in [0, 0.05) is 50.2 Å². The molecule has 0 radical (unpaired) electrons. The summed E-state index contributed by atoms with van der Waals surface area (Å²) < 4.78 is 60.5. The molecule has 3 N–H and O–H groups in total. The zero-order valence-corrected chi connectivity index (χ0v) is 49.3. The topological polar surface area (TPSA) is 186 Å². The van der Waals surface area contributed by atoms with Crippen molar-refractivity contribution in [2.75, 3.05) is 21.2 Å². The minimum absolute atomic E-state index is 0.0531. The van der Waals surface area contributed by atoms with Crippen LogP contribution in [0.3, 0.4) is 0 Å². The van der Waals surface area contributed by atoms with Crippen LogP contribution in [0.1, 0.15) is 141 Å². The third-order valence-electron chi connectivity index (χ3n) is 15.1. The molecule has 410 valence electrons. The second kappa shape index (κ2) is 24.3. The Morgan fingerprint density at radius 3 is 1.96 bits per heavy atom. The first kappa shape index (κ1) is 61.4. The van der Waals surface area contributed by atoms with Crippen LogP contribution in [0.2, 0.25) is 39.3 Å². The number of hydrogen-bond donors (Lipinski definition) is 3. The molecule has 0 aromatic carbocycles. The number of cyclic esters (lactones) is 1. The van der Waals surface area contributed by atoms with E-state index in [1.807, 2.05) is 62.6 Å². The average molecular weight is 1030 g/mol. The molecule has 16 nitrogen and oxygen atoms in total. The summed E-state index contributed by atoms with van der Waals surface area (Å²) in [5.41, 5.74) is -4.07. The fourth-order valence-corrected chi connectivity index (χ4v) is 13.9. The molecule has 4 fully saturated rings. The fraction of sp³-hybridized carbons (Fsp3) is 0.962. The lowest BCUT2D eigenvalue weighted by atomic mass is 9.73. The molecular weight excluding hydrogens is 933 g/mol. The predicted molar refractivity (Wildman–Crippen MR) is 276 cm³/mol. The predicted octanol–water partition coefficient (Wildman–Crippen LogP) is 8.39. The number of carbonyl (C=O) groups excluding carboxylic acids is 1. The molecule has 0 unspecified atom stereocenters. The van der Waals surface area contributed by atoms with E-state index >= 15 is 0 Å². The summed E-state index contributed by atoms with van der Waals surface area (Å²) in [6.45, 7) is 35.1. The highest BCUT2D eigenvalue weighted by Crippen LogP contribution is 2.43. The van der Waals surface area contributed by atoms with Crippen molar-refractivity contribution < 1.29 is 67.0 Å². The maximum atomic E-state index is 14.8. The maximum absolute atomic E-state index is 14.8. The number of oxime groups is 1. The molecule has 1 saturated carbocycles. The Morgan fingerprint density at radius 2 is 1.43 bits per heavy atom. The van der Waals surface area contributed by atoms with Crippen LogP contribution in [0.25, 0.3) is 0 Å². The van der Waals surface area contributed by atoms with Gasteiger partial charge in [-0.15, -0.1) is 0 Å². The number of ether oxygens (including phenoxy) is 7. The molecule has 1 aliphatic carbocycles. The second-order valence-electron chi connectivity index (χ2n) is 24.7. The lowest BCUT2D eigenvalue weighted by molar-refractivity contribution is -0.315. The third-order valence-corrected chi connectivity index (χ3v) is 17.1. The van der Waals surface area contributed by atoms with E-state index in [-0.39, 0.29) is 37.5 Å². The van der Waals surface area contributed by atoms with Crippen molar-refractivity contribution in [3.63, 3.8) is 0 Å². The quantitative estimate of drug-likeness (QED) is 0.0614. The largest absolute Gasteiger partial charge is 0.459 e. The van der Waals surface area contributed by atoms with Crippen LogP contribution in [0.5, 0.6) is 0 Å². The number of methoxy groups -OCH3 is 1. The van der Waals surface area contributed by atoms with Crippen molar-refractivity contribution in [2.45, 2.75) is 276 Å². The normalized spacial score (nSPS) is 42.7. The van der Waals surface area contributed by atoms with E-state index in [0.29, 0.717) is 25.0 Å². The molecule has 0 spiro atoms. The molecule has 18 heteroatoms. The Labute approximate surface area is 425 Å². The van der Waals surface area contributed by atoms with Gasteiger partial charge in [-0.3, -0.25) is 4.79 Å². The molecule has 0 aromatic heterocycles. The Bertz CT molecular complexity index is 1680. The molecule has 4 aliphatic rings. The van der Waals surface area contributed by atoms with Gasteiger partial charge in [-0.25, -0.2) is 0 Å². The number of hydrogen-bond acceptors (Lipinski definition) is 16. The Kier molecular flexibility index (Phi) is 21.3. The van der Waals surface area contributed by atoms with Gasteiger partial charge in [-0.05, 0) is 141 Å². The SMILES string of the molecule is CC[C@H]1OC(=O)[C@H](C)[C@@H](O[C@H]2C[C@@](C)(OC)[C@@H](O[Si](C)(C)C)[C@H](C)O2)[C@H](C)[C@@H](O[C@@H]2O[C@H](C)C[C@H](N(C)C)[C@H]2O[Si](C)(C)C)[C@@](C)(O)C[C@@H](C)/C(=N/OC2(OC(C)C)CCCCC2)[C@H](C)[C@@H](O)[C@]1(C)O. The standard InChI is InChI=1S/C52H100N2O14Si2/c1-22-39-51(12,58)44(55)34(6)41(53-68-52(65-31(2)3)26-24-23-25-27-52)32(4)29-49(10,57)45(64-48-43(66-69(16,17)18)38(54(13)14)28-33(5)60-48)35(7)42(36(8)47(56)62-39)63-40-30-50(11,59-15)46(37(9)61-40)67-70(19,20)21/h31-40,42-46,48,55,57-58H,22-30H2,1-21H3/b53-41-/t32-,33-,34+,35+,36-,37+,38+,39-,40+,42+,43-,44-,45-,46+,48+,49+,50-,51-/m1/s1. The lowest BCUT2D eigenvalue weighted by Crippen LogP contribution is -2.62. The summed E-state index contributed by atoms with van der Waals surface area (Å²) in [4.78, 5) is 23.5. The van der Waals surface area contributed by atoms with Crippen LogP contribution in [0.4, 0.5) is 0 Å². The highest BCUT2D eigenvalue weighted by atomic mass is 28.4. The van der Waals surface area contributed by atoms with Crippen molar-refractivity contribution >= 4 is 28.3 Å². The molecule has 0 aromatic rings. The number of aliphatic hydroxyl groups excluding tert-OH is 1. The van der Waals surface area contributed by atoms with Crippen LogP contribution >= 0.6 is 0 Å². The summed E-state index contributed by atoms with van der Waals surface area (Å²) >= 11 is 0. The summed E-state index contributed by atoms with van der Waals surface area (Å²) in [5.74, 6) is -4.82. The number of rotatable bonds is 15. The molecule has 0 bridgehead atoms. The molecule has 3 saturated heterocycles. The lowest BCUT2D eigenvalue weighted by Gasteiger charge is -2.51. The Morgan fingerprint density at radius 1 is 0.829 bits per heavy atom. The minimum atomic E-state index is -2.23. The maximum Gasteiger partial charge on any atom is 0.311 e. The van der Waals surface area contributed by atoms with E-state index < -0.39 is 124 Å². The molecule has 18 atom stereocenters. The van der Waals surface area contributed by atoms with Gasteiger partial charge in [-0.1, -0.05) is 39.3 Å². The van der Waals surface area contributed by atoms with E-state index in [1.165, 1.54) is 6.92 Å². The van der Waals surface area contributed by atoms with Crippen LogP contribution in [0, 0.1) is 23.7 Å². The molecular formula is C52H100N2O14Si2. The number of carbonyl (C=O) groups is 1. The fourth-order valence-electron chi connectivity index (χ4n) is 11.6. The first-order valence-corrected chi connectivity index (χ1v) is 33.4. The average Bonchev–Trinajstić information content (AvgIpc) is 3.23. The number of nitrogens with zero attached hydrogens (tertiary/aromatic N) is 2. The van der Waals surface area contributed by atoms with E-state index in [9.17, 15) is 20.1 Å². The highest BCUT2D eigenvalue weighted by molar-refractivity contribution is 6.70. The smallest absolute Gasteiger partial charge is 0.311 e. The Hall–Kier alpha value is -1.11. The highest BCUT2D eigenvalue weighted by Gasteiger charge is 2.55. The van der Waals surface area contributed by atoms with E-state index in [1.54, 1.807) is 34.8 Å². The van der Waals surface area contributed by atoms with Gasteiger partial charge in [0.1, 0.15) is 17.8 Å². The van der Waals surface area contributed by atoms with Crippen molar-refractivity contribution in [1.82, 2.24) is 4.90 Å². The van der Waals surface area contributed by atoms with Gasteiger partial charge in [0.05, 0.1) is 65.6 Å². The van der Waals surface area contributed by atoms with Gasteiger partial charge in [0.15, 0.2) is 29.2 Å². The Balaban J connectivity index is 1.96. The van der Waals surface area contributed by atoms with Crippen LogP contribution in [-0.2, 0) is 51.6 Å². The second-order valence-corrected chi connectivity index (χ2v) is 33.6. The van der Waals surface area contributed by atoms with Crippen LogP contribution in [-0.4, -0.2) is 166 Å². The number of aliphatic hydroxyl groups is 3. The summed E-state index contributed by atoms with van der Waals surface area (Å²) in [5, 5.41) is 43.0. The summed E-state index contributed by atoms with van der Waals surface area (Å²) in [6.07, 6.45) is -2.93. The molecule has 0 amide bonds. The molecule has 70 heavy (non-hydrogen) atoms. The van der Waals surface area contributed by atoms with Gasteiger partial charge >= 0.3 is 5.97 Å². The van der Waals surface area contributed by atoms with E-state index in [2.05, 4.69) is 44.2 Å². The first-order chi connectivity index (χ1) is 32.1. The van der Waals surface area contributed by atoms with Crippen molar-refractivity contribution in [1.29, 1.82) is 0 Å². The first-order valence-electron chi connectivity index (χ1n) is 26.6. The number of likely N-dealkylation sites (N-methyl/N-ethyl adjacent to an activating group) is 1. The van der Waals surface area contributed by atoms with E-state index in [0.717, 1.165) is 19.3 Å². The van der Waals surface area contributed by atoms with Crippen molar-refractivity contribution in [3.8, 4) is 0 Å². The number of esters is 1. The molecule has 4 rings (SSSR count). The summed E-state index contributed by atoms with van der Waals surface area (Å²) in [6, 6.07) is -0.0774.